The van der Waals surface area contributed by atoms with E-state index in [1.807, 2.05) is 6.07 Å². The van der Waals surface area contributed by atoms with Crippen LogP contribution in [-0.2, 0) is 0 Å². The van der Waals surface area contributed by atoms with Crippen LogP contribution < -0.4 is 0 Å². The third-order valence-corrected chi connectivity index (χ3v) is 3.17. The first-order chi connectivity index (χ1) is 7.07. The molecule has 0 spiro atoms. The summed E-state index contributed by atoms with van der Waals surface area (Å²) >= 11 is 0. The van der Waals surface area contributed by atoms with Gasteiger partial charge in [-0.3, -0.25) is 0 Å². The van der Waals surface area contributed by atoms with Crippen LogP contribution in [0.25, 0.3) is 5.57 Å². The fraction of sp³-hybridized carbons (Fsp3) is 0.429. The highest BCUT2D eigenvalue weighted by Crippen LogP contribution is 2.37. The Labute approximate surface area is 90.8 Å². The summed E-state index contributed by atoms with van der Waals surface area (Å²) in [6, 6.07) is 6.90. The van der Waals surface area contributed by atoms with Crippen LogP contribution in [0.1, 0.15) is 38.7 Å². The zero-order valence-corrected chi connectivity index (χ0v) is 9.39. The molecule has 0 radical (unpaired) electrons. The highest BCUT2D eigenvalue weighted by molar-refractivity contribution is 5.66. The first-order valence-corrected chi connectivity index (χ1v) is 5.52. The summed E-state index contributed by atoms with van der Waals surface area (Å²) in [6.07, 6.45) is 5.61. The van der Waals surface area contributed by atoms with Crippen LogP contribution in [0.4, 0.5) is 4.39 Å². The molecule has 0 unspecified atom stereocenters. The van der Waals surface area contributed by atoms with E-state index in [4.69, 9.17) is 0 Å². The summed E-state index contributed by atoms with van der Waals surface area (Å²) in [4.78, 5) is 0. The first kappa shape index (κ1) is 10.4. The van der Waals surface area contributed by atoms with E-state index in [1.54, 1.807) is 12.1 Å². The van der Waals surface area contributed by atoms with Gasteiger partial charge in [-0.25, -0.2) is 4.39 Å². The molecule has 0 N–H and O–H groups in total. The van der Waals surface area contributed by atoms with Crippen LogP contribution >= 0.6 is 0 Å². The average Bonchev–Trinajstić information content (AvgIpc) is 2.17. The Kier molecular flexibility index (Phi) is 2.64. The zero-order valence-electron chi connectivity index (χ0n) is 9.39. The molecule has 0 saturated heterocycles. The molecular weight excluding hydrogens is 187 g/mol. The van der Waals surface area contributed by atoms with Gasteiger partial charge in [0.05, 0.1) is 0 Å². The van der Waals surface area contributed by atoms with Crippen molar-refractivity contribution in [3.8, 4) is 0 Å². The quantitative estimate of drug-likeness (QED) is 0.635. The van der Waals surface area contributed by atoms with Crippen molar-refractivity contribution >= 4 is 5.57 Å². The molecule has 2 rings (SSSR count). The minimum atomic E-state index is -0.141. The number of rotatable bonds is 1. The SMILES string of the molecule is CC1(C)CC=C(c2cccc(F)c2)CC1. The van der Waals surface area contributed by atoms with E-state index in [0.29, 0.717) is 5.41 Å². The molecule has 0 atom stereocenters. The summed E-state index contributed by atoms with van der Waals surface area (Å²) < 4.78 is 13.0. The Morgan fingerprint density at radius 2 is 2.07 bits per heavy atom. The summed E-state index contributed by atoms with van der Waals surface area (Å²) in [7, 11) is 0. The van der Waals surface area contributed by atoms with Crippen LogP contribution in [-0.4, -0.2) is 0 Å². The van der Waals surface area contributed by atoms with Gasteiger partial charge in [0.15, 0.2) is 0 Å². The smallest absolute Gasteiger partial charge is 0.123 e. The summed E-state index contributed by atoms with van der Waals surface area (Å²) in [5, 5.41) is 0. The van der Waals surface area contributed by atoms with Crippen molar-refractivity contribution in [2.75, 3.05) is 0 Å². The molecule has 0 bridgehead atoms. The lowest BCUT2D eigenvalue weighted by molar-refractivity contribution is 0.335. The Morgan fingerprint density at radius 1 is 1.27 bits per heavy atom. The van der Waals surface area contributed by atoms with Crippen molar-refractivity contribution < 1.29 is 4.39 Å². The van der Waals surface area contributed by atoms with E-state index in [1.165, 1.54) is 18.1 Å². The molecule has 1 aliphatic rings. The largest absolute Gasteiger partial charge is 0.207 e. The van der Waals surface area contributed by atoms with Gasteiger partial charge < -0.3 is 0 Å². The second-order valence-corrected chi connectivity index (χ2v) is 5.11. The van der Waals surface area contributed by atoms with E-state index < -0.39 is 0 Å². The number of benzene rings is 1. The lowest BCUT2D eigenvalue weighted by Crippen LogP contribution is -2.14. The van der Waals surface area contributed by atoms with Gasteiger partial charge in [0, 0.05) is 0 Å². The Morgan fingerprint density at radius 3 is 2.67 bits per heavy atom. The molecule has 0 nitrogen and oxygen atoms in total. The molecule has 0 saturated carbocycles. The van der Waals surface area contributed by atoms with E-state index in [2.05, 4.69) is 19.9 Å². The Hall–Kier alpha value is -1.11. The van der Waals surface area contributed by atoms with Gasteiger partial charge in [-0.1, -0.05) is 32.1 Å². The molecule has 0 heterocycles. The van der Waals surface area contributed by atoms with Crippen molar-refractivity contribution in [2.24, 2.45) is 5.41 Å². The molecule has 80 valence electrons. The number of allylic oxidation sites excluding steroid dienone is 2. The zero-order chi connectivity index (χ0) is 10.9. The number of hydrogen-bond acceptors (Lipinski definition) is 0. The average molecular weight is 204 g/mol. The molecule has 15 heavy (non-hydrogen) atoms. The maximum absolute atomic E-state index is 13.0. The molecule has 0 amide bonds. The highest BCUT2D eigenvalue weighted by atomic mass is 19.1. The molecular formula is C14H17F. The number of hydrogen-bond donors (Lipinski definition) is 0. The second-order valence-electron chi connectivity index (χ2n) is 5.11. The minimum absolute atomic E-state index is 0.141. The van der Waals surface area contributed by atoms with E-state index in [-0.39, 0.29) is 5.82 Å². The monoisotopic (exact) mass is 204 g/mol. The van der Waals surface area contributed by atoms with Gasteiger partial charge in [-0.15, -0.1) is 0 Å². The van der Waals surface area contributed by atoms with Crippen LogP contribution in [0.2, 0.25) is 0 Å². The van der Waals surface area contributed by atoms with Crippen LogP contribution in [0.5, 0.6) is 0 Å². The minimum Gasteiger partial charge on any atom is -0.207 e. The molecule has 1 aliphatic carbocycles. The summed E-state index contributed by atoms with van der Waals surface area (Å²) in [5.41, 5.74) is 2.76. The Bertz CT molecular complexity index is 388. The van der Waals surface area contributed by atoms with Gasteiger partial charge in [0.2, 0.25) is 0 Å². The second kappa shape index (κ2) is 3.80. The summed E-state index contributed by atoms with van der Waals surface area (Å²) in [5.74, 6) is -0.141. The van der Waals surface area contributed by atoms with Crippen molar-refractivity contribution in [2.45, 2.75) is 33.1 Å². The maximum atomic E-state index is 13.0. The van der Waals surface area contributed by atoms with Crippen molar-refractivity contribution in [1.82, 2.24) is 0 Å². The molecule has 0 aliphatic heterocycles. The number of halogens is 1. The van der Waals surface area contributed by atoms with Gasteiger partial charge in [0.25, 0.3) is 0 Å². The standard InChI is InChI=1S/C14H17F/c1-14(2)8-6-11(7-9-14)12-4-3-5-13(15)10-12/h3-6,10H,7-9H2,1-2H3. The van der Waals surface area contributed by atoms with E-state index in [9.17, 15) is 4.39 Å². The topological polar surface area (TPSA) is 0 Å². The van der Waals surface area contributed by atoms with Crippen molar-refractivity contribution in [3.05, 3.63) is 41.7 Å². The fourth-order valence-corrected chi connectivity index (χ4v) is 2.03. The van der Waals surface area contributed by atoms with Gasteiger partial charge in [-0.05, 0) is 47.9 Å². The third-order valence-electron chi connectivity index (χ3n) is 3.17. The van der Waals surface area contributed by atoms with Crippen LogP contribution in [0.3, 0.4) is 0 Å². The third kappa shape index (κ3) is 2.47. The maximum Gasteiger partial charge on any atom is 0.123 e. The predicted octanol–water partition coefficient (Wildman–Crippen LogP) is 4.42. The molecule has 1 aromatic carbocycles. The summed E-state index contributed by atoms with van der Waals surface area (Å²) in [6.45, 7) is 4.57. The van der Waals surface area contributed by atoms with Crippen molar-refractivity contribution in [1.29, 1.82) is 0 Å². The van der Waals surface area contributed by atoms with Gasteiger partial charge in [-0.2, -0.15) is 0 Å². The normalized spacial score (nSPS) is 19.8. The van der Waals surface area contributed by atoms with Crippen LogP contribution in [0.15, 0.2) is 30.3 Å². The molecule has 0 fully saturated rings. The molecule has 0 aromatic heterocycles. The van der Waals surface area contributed by atoms with Crippen molar-refractivity contribution in [3.63, 3.8) is 0 Å². The Balaban J connectivity index is 2.23. The molecule has 1 heteroatoms. The highest BCUT2D eigenvalue weighted by Gasteiger charge is 2.21. The van der Waals surface area contributed by atoms with E-state index in [0.717, 1.165) is 18.4 Å². The van der Waals surface area contributed by atoms with Gasteiger partial charge in [0.1, 0.15) is 5.82 Å². The lowest BCUT2D eigenvalue weighted by Gasteiger charge is -2.28. The molecule has 1 aromatic rings. The van der Waals surface area contributed by atoms with E-state index >= 15 is 0 Å². The fourth-order valence-electron chi connectivity index (χ4n) is 2.03. The predicted molar refractivity (Wildman–Crippen MR) is 62.0 cm³/mol. The van der Waals surface area contributed by atoms with Crippen LogP contribution in [0, 0.1) is 11.2 Å². The van der Waals surface area contributed by atoms with Gasteiger partial charge >= 0.3 is 0 Å². The first-order valence-electron chi connectivity index (χ1n) is 5.52. The lowest BCUT2D eigenvalue weighted by atomic mass is 9.77.